The average Bonchev–Trinajstić information content (AvgIpc) is 2.95. The first-order valence-electron chi connectivity index (χ1n) is 10.3. The van der Waals surface area contributed by atoms with E-state index in [-0.39, 0.29) is 18.1 Å². The number of ether oxygens (including phenoxy) is 2. The zero-order chi connectivity index (χ0) is 22.0. The first-order chi connectivity index (χ1) is 14.1. The van der Waals surface area contributed by atoms with Gasteiger partial charge in [0.05, 0.1) is 12.7 Å². The van der Waals surface area contributed by atoms with Gasteiger partial charge in [-0.1, -0.05) is 81.4 Å². The number of rotatable bonds is 6. The molecular weight excluding hydrogens is 399 g/mol. The molecule has 0 aliphatic carbocycles. The first kappa shape index (κ1) is 22.7. The van der Waals surface area contributed by atoms with Crippen molar-refractivity contribution in [1.29, 1.82) is 0 Å². The van der Waals surface area contributed by atoms with Crippen LogP contribution in [-0.4, -0.2) is 39.0 Å². The summed E-state index contributed by atoms with van der Waals surface area (Å²) in [6.45, 7) is 9.46. The highest BCUT2D eigenvalue weighted by atomic mass is 28.4. The minimum Gasteiger partial charge on any atom is -0.432 e. The van der Waals surface area contributed by atoms with Crippen molar-refractivity contribution < 1.29 is 23.1 Å². The van der Waals surface area contributed by atoms with Crippen molar-refractivity contribution in [1.82, 2.24) is 0 Å². The van der Waals surface area contributed by atoms with Crippen LogP contribution in [0.4, 0.5) is 4.39 Å². The summed E-state index contributed by atoms with van der Waals surface area (Å²) in [6.07, 6.45) is -1.59. The van der Waals surface area contributed by atoms with Crippen LogP contribution in [0.5, 0.6) is 0 Å². The number of esters is 1. The Bertz CT molecular complexity index is 809. The highest BCUT2D eigenvalue weighted by Gasteiger charge is 2.53. The summed E-state index contributed by atoms with van der Waals surface area (Å²) < 4.78 is 32.5. The summed E-state index contributed by atoms with van der Waals surface area (Å²) >= 11 is 0. The number of hydrogen-bond donors (Lipinski definition) is 0. The Morgan fingerprint density at radius 2 is 1.60 bits per heavy atom. The maximum Gasteiger partial charge on any atom is 0.305 e. The molecule has 1 unspecified atom stereocenters. The molecule has 0 bridgehead atoms. The second-order valence-electron chi connectivity index (χ2n) is 9.16. The van der Waals surface area contributed by atoms with E-state index in [1.807, 2.05) is 36.4 Å². The molecule has 3 rings (SSSR count). The van der Waals surface area contributed by atoms with Gasteiger partial charge in [-0.25, -0.2) is 4.39 Å². The number of halogens is 1. The Hall–Kier alpha value is -2.02. The fourth-order valence-corrected chi connectivity index (χ4v) is 8.88. The fraction of sp³-hybridized carbons (Fsp3) is 0.458. The molecule has 1 fully saturated rings. The predicted molar refractivity (Wildman–Crippen MR) is 118 cm³/mol. The van der Waals surface area contributed by atoms with E-state index in [1.54, 1.807) is 0 Å². The smallest absolute Gasteiger partial charge is 0.305 e. The Labute approximate surface area is 179 Å². The zero-order valence-corrected chi connectivity index (χ0v) is 19.4. The quantitative estimate of drug-likeness (QED) is 0.514. The molecule has 3 atom stereocenters. The van der Waals surface area contributed by atoms with Gasteiger partial charge in [-0.05, 0) is 22.3 Å². The van der Waals surface area contributed by atoms with Gasteiger partial charge in [-0.2, -0.15) is 0 Å². The van der Waals surface area contributed by atoms with Gasteiger partial charge in [0.25, 0.3) is 8.32 Å². The molecule has 2 aromatic rings. The molecule has 1 aliphatic heterocycles. The van der Waals surface area contributed by atoms with Gasteiger partial charge < -0.3 is 13.9 Å². The van der Waals surface area contributed by atoms with E-state index in [0.29, 0.717) is 0 Å². The molecule has 0 spiro atoms. The lowest BCUT2D eigenvalue weighted by atomic mass is 10.0. The van der Waals surface area contributed by atoms with E-state index in [4.69, 9.17) is 13.9 Å². The van der Waals surface area contributed by atoms with Crippen LogP contribution in [0.3, 0.4) is 0 Å². The number of benzene rings is 2. The van der Waals surface area contributed by atoms with Crippen LogP contribution in [0.1, 0.15) is 41.0 Å². The Morgan fingerprint density at radius 3 is 2.03 bits per heavy atom. The van der Waals surface area contributed by atoms with E-state index >= 15 is 0 Å². The van der Waals surface area contributed by atoms with Crippen LogP contribution < -0.4 is 10.4 Å². The van der Waals surface area contributed by atoms with E-state index in [2.05, 4.69) is 45.0 Å². The van der Waals surface area contributed by atoms with Crippen molar-refractivity contribution in [2.24, 2.45) is 0 Å². The normalized spacial score (nSPS) is 24.6. The van der Waals surface area contributed by atoms with Gasteiger partial charge in [-0.3, -0.25) is 4.79 Å². The van der Waals surface area contributed by atoms with E-state index in [9.17, 15) is 9.18 Å². The van der Waals surface area contributed by atoms with Crippen molar-refractivity contribution in [2.75, 3.05) is 6.61 Å². The molecule has 1 saturated heterocycles. The third-order valence-corrected chi connectivity index (χ3v) is 10.6. The van der Waals surface area contributed by atoms with Gasteiger partial charge in [0.1, 0.15) is 0 Å². The maximum atomic E-state index is 14.9. The molecule has 1 aliphatic rings. The van der Waals surface area contributed by atoms with Gasteiger partial charge in [0.15, 0.2) is 5.67 Å². The number of carbonyl (C=O) groups excluding carboxylic acids is 1. The number of hydrogen-bond acceptors (Lipinski definition) is 4. The molecule has 0 aromatic heterocycles. The molecule has 0 radical (unpaired) electrons. The third kappa shape index (κ3) is 4.51. The SMILES string of the molecule is CC(=O)O[C@@H]1O[C@H](CO[Si](c2ccccc2)(c2ccccc2)C(C)(C)C)CC1(C)F. The molecule has 30 heavy (non-hydrogen) atoms. The summed E-state index contributed by atoms with van der Waals surface area (Å²) in [6, 6.07) is 20.5. The average molecular weight is 431 g/mol. The molecular formula is C24H31FO4Si. The second-order valence-corrected chi connectivity index (χ2v) is 13.5. The van der Waals surface area contributed by atoms with E-state index in [0.717, 1.165) is 10.4 Å². The first-order valence-corrected chi connectivity index (χ1v) is 12.2. The zero-order valence-electron chi connectivity index (χ0n) is 18.4. The van der Waals surface area contributed by atoms with Crippen molar-refractivity contribution >= 4 is 24.7 Å². The van der Waals surface area contributed by atoms with Crippen LogP contribution in [-0.2, 0) is 18.7 Å². The van der Waals surface area contributed by atoms with Crippen LogP contribution >= 0.6 is 0 Å². The standard InChI is InChI=1S/C24H31FO4Si/c1-18(26)28-22-24(5,25)16-19(29-22)17-27-30(23(2,3)4,20-12-8-6-9-13-20)21-14-10-7-11-15-21/h6-15,19,22H,16-17H2,1-5H3/t19-,22+,24?/m0/s1. The summed E-state index contributed by atoms with van der Waals surface area (Å²) in [5.41, 5.74) is -1.74. The lowest BCUT2D eigenvalue weighted by molar-refractivity contribution is -0.192. The third-order valence-electron chi connectivity index (χ3n) is 5.61. The van der Waals surface area contributed by atoms with Crippen molar-refractivity contribution in [3.8, 4) is 0 Å². The highest BCUT2D eigenvalue weighted by Crippen LogP contribution is 2.39. The largest absolute Gasteiger partial charge is 0.432 e. The number of alkyl halides is 1. The Morgan fingerprint density at radius 1 is 1.10 bits per heavy atom. The van der Waals surface area contributed by atoms with Gasteiger partial charge >= 0.3 is 5.97 Å². The second kappa shape index (κ2) is 8.61. The summed E-state index contributed by atoms with van der Waals surface area (Å²) in [5, 5.41) is 2.13. The molecule has 2 aromatic carbocycles. The summed E-state index contributed by atoms with van der Waals surface area (Å²) in [5.74, 6) is -0.558. The molecule has 0 saturated carbocycles. The van der Waals surface area contributed by atoms with Crippen LogP contribution in [0.2, 0.25) is 5.04 Å². The molecule has 6 heteroatoms. The Kier molecular flexibility index (Phi) is 6.50. The van der Waals surface area contributed by atoms with Gasteiger partial charge in [0, 0.05) is 13.3 Å². The lowest BCUT2D eigenvalue weighted by Crippen LogP contribution is -2.67. The van der Waals surface area contributed by atoms with Gasteiger partial charge in [-0.15, -0.1) is 0 Å². The van der Waals surface area contributed by atoms with E-state index in [1.165, 1.54) is 13.8 Å². The van der Waals surface area contributed by atoms with E-state index < -0.39 is 32.3 Å². The van der Waals surface area contributed by atoms with Gasteiger partial charge in [0.2, 0.25) is 6.29 Å². The molecule has 162 valence electrons. The van der Waals surface area contributed by atoms with Crippen LogP contribution in [0.25, 0.3) is 0 Å². The van der Waals surface area contributed by atoms with Crippen molar-refractivity contribution in [2.45, 2.75) is 64.1 Å². The fourth-order valence-electron chi connectivity index (χ4n) is 4.29. The minimum atomic E-state index is -2.73. The number of carbonyl (C=O) groups is 1. The molecule has 0 amide bonds. The van der Waals surface area contributed by atoms with Crippen LogP contribution in [0, 0.1) is 0 Å². The topological polar surface area (TPSA) is 44.8 Å². The van der Waals surface area contributed by atoms with Crippen LogP contribution in [0.15, 0.2) is 60.7 Å². The predicted octanol–water partition coefficient (Wildman–Crippen LogP) is 3.97. The van der Waals surface area contributed by atoms with Crippen molar-refractivity contribution in [3.63, 3.8) is 0 Å². The molecule has 4 nitrogen and oxygen atoms in total. The Balaban J connectivity index is 1.94. The molecule has 1 heterocycles. The highest BCUT2D eigenvalue weighted by molar-refractivity contribution is 6.99. The summed E-state index contributed by atoms with van der Waals surface area (Å²) in [4.78, 5) is 11.3. The minimum absolute atomic E-state index is 0.114. The summed E-state index contributed by atoms with van der Waals surface area (Å²) in [7, 11) is -2.73. The molecule has 0 N–H and O–H groups in total. The lowest BCUT2D eigenvalue weighted by Gasteiger charge is -2.43. The monoisotopic (exact) mass is 430 g/mol. The van der Waals surface area contributed by atoms with Crippen molar-refractivity contribution in [3.05, 3.63) is 60.7 Å². The maximum absolute atomic E-state index is 14.9.